The standard InChI is InChI=1S/C14H25NO3/c1-4-10(13(17)18)9-15-12(16)11-7-5-6-8-14(11,2)3/h10-11H,4-9H2,1-3H3,(H,15,16)(H,17,18). The number of carboxylic acid groups (broad SMARTS) is 1. The molecule has 104 valence electrons. The molecule has 4 nitrogen and oxygen atoms in total. The van der Waals surface area contributed by atoms with Gasteiger partial charge in [0.25, 0.3) is 0 Å². The van der Waals surface area contributed by atoms with E-state index in [-0.39, 0.29) is 23.8 Å². The maximum absolute atomic E-state index is 12.2. The second-order valence-corrected chi connectivity index (χ2v) is 5.98. The summed E-state index contributed by atoms with van der Waals surface area (Å²) in [7, 11) is 0. The number of amides is 1. The molecule has 0 aromatic carbocycles. The maximum atomic E-state index is 12.2. The highest BCUT2D eigenvalue weighted by atomic mass is 16.4. The van der Waals surface area contributed by atoms with Gasteiger partial charge in [0.1, 0.15) is 0 Å². The molecule has 1 aliphatic carbocycles. The van der Waals surface area contributed by atoms with Crippen LogP contribution in [0, 0.1) is 17.3 Å². The molecule has 0 aliphatic heterocycles. The van der Waals surface area contributed by atoms with Crippen LogP contribution in [-0.4, -0.2) is 23.5 Å². The summed E-state index contributed by atoms with van der Waals surface area (Å²) in [5.41, 5.74) is 0.0350. The molecule has 2 atom stereocenters. The fourth-order valence-electron chi connectivity index (χ4n) is 2.73. The minimum Gasteiger partial charge on any atom is -0.481 e. The fourth-order valence-corrected chi connectivity index (χ4v) is 2.73. The first kappa shape index (κ1) is 15.0. The quantitative estimate of drug-likeness (QED) is 0.793. The summed E-state index contributed by atoms with van der Waals surface area (Å²) in [4.78, 5) is 23.0. The van der Waals surface area contributed by atoms with Crippen LogP contribution in [0.5, 0.6) is 0 Å². The van der Waals surface area contributed by atoms with Gasteiger partial charge in [-0.3, -0.25) is 9.59 Å². The summed E-state index contributed by atoms with van der Waals surface area (Å²) in [6.45, 7) is 6.34. The van der Waals surface area contributed by atoms with E-state index >= 15 is 0 Å². The number of rotatable bonds is 5. The molecular weight excluding hydrogens is 230 g/mol. The predicted octanol–water partition coefficient (Wildman–Crippen LogP) is 2.43. The van der Waals surface area contributed by atoms with Crippen LogP contribution in [0.3, 0.4) is 0 Å². The molecule has 0 aromatic heterocycles. The third-order valence-corrected chi connectivity index (χ3v) is 4.19. The zero-order chi connectivity index (χ0) is 13.8. The van der Waals surface area contributed by atoms with Gasteiger partial charge in [0.05, 0.1) is 5.92 Å². The van der Waals surface area contributed by atoms with Gasteiger partial charge in [0, 0.05) is 12.5 Å². The van der Waals surface area contributed by atoms with Gasteiger partial charge in [0.15, 0.2) is 0 Å². The van der Waals surface area contributed by atoms with Crippen LogP contribution in [0.2, 0.25) is 0 Å². The number of hydrogen-bond acceptors (Lipinski definition) is 2. The average molecular weight is 255 g/mol. The normalized spacial score (nSPS) is 24.3. The van der Waals surface area contributed by atoms with Crippen LogP contribution in [-0.2, 0) is 9.59 Å². The highest BCUT2D eigenvalue weighted by molar-refractivity contribution is 5.80. The number of aliphatic carboxylic acids is 1. The molecule has 0 bridgehead atoms. The third-order valence-electron chi connectivity index (χ3n) is 4.19. The van der Waals surface area contributed by atoms with Crippen LogP contribution in [0.25, 0.3) is 0 Å². The lowest BCUT2D eigenvalue weighted by molar-refractivity contribution is -0.142. The fraction of sp³-hybridized carbons (Fsp3) is 0.857. The van der Waals surface area contributed by atoms with Gasteiger partial charge in [-0.05, 0) is 24.7 Å². The number of hydrogen-bond donors (Lipinski definition) is 2. The van der Waals surface area contributed by atoms with Gasteiger partial charge < -0.3 is 10.4 Å². The molecule has 0 heterocycles. The van der Waals surface area contributed by atoms with Gasteiger partial charge in [-0.2, -0.15) is 0 Å². The Morgan fingerprint density at radius 2 is 2.06 bits per heavy atom. The summed E-state index contributed by atoms with van der Waals surface area (Å²) in [6.07, 6.45) is 4.81. The molecule has 2 N–H and O–H groups in total. The average Bonchev–Trinajstić information content (AvgIpc) is 2.28. The van der Waals surface area contributed by atoms with Crippen LogP contribution in [0.1, 0.15) is 52.9 Å². The van der Waals surface area contributed by atoms with Gasteiger partial charge in [-0.1, -0.05) is 33.6 Å². The first-order chi connectivity index (χ1) is 8.38. The summed E-state index contributed by atoms with van der Waals surface area (Å²) < 4.78 is 0. The predicted molar refractivity (Wildman–Crippen MR) is 70.2 cm³/mol. The number of carboxylic acids is 1. The second-order valence-electron chi connectivity index (χ2n) is 5.98. The summed E-state index contributed by atoms with van der Waals surface area (Å²) in [6, 6.07) is 0. The molecule has 1 rings (SSSR count). The van der Waals surface area contributed by atoms with Crippen LogP contribution < -0.4 is 5.32 Å². The largest absolute Gasteiger partial charge is 0.481 e. The maximum Gasteiger partial charge on any atom is 0.308 e. The second kappa shape index (κ2) is 6.21. The summed E-state index contributed by atoms with van der Waals surface area (Å²) in [5.74, 6) is -1.25. The van der Waals surface area contributed by atoms with E-state index in [1.165, 1.54) is 6.42 Å². The molecule has 1 amide bonds. The Kier molecular flexibility index (Phi) is 5.17. The Bertz CT molecular complexity index is 312. The zero-order valence-electron chi connectivity index (χ0n) is 11.7. The van der Waals surface area contributed by atoms with Crippen LogP contribution in [0.15, 0.2) is 0 Å². The van der Waals surface area contributed by atoms with Crippen molar-refractivity contribution < 1.29 is 14.7 Å². The van der Waals surface area contributed by atoms with E-state index in [1.54, 1.807) is 0 Å². The van der Waals surface area contributed by atoms with Crippen molar-refractivity contribution in [1.29, 1.82) is 0 Å². The molecule has 0 radical (unpaired) electrons. The Labute approximate surface area is 109 Å². The van der Waals surface area contributed by atoms with Crippen molar-refractivity contribution in [3.05, 3.63) is 0 Å². The lowest BCUT2D eigenvalue weighted by Gasteiger charge is -2.37. The van der Waals surface area contributed by atoms with Gasteiger partial charge >= 0.3 is 5.97 Å². The van der Waals surface area contributed by atoms with Crippen molar-refractivity contribution in [2.45, 2.75) is 52.9 Å². The monoisotopic (exact) mass is 255 g/mol. The van der Waals surface area contributed by atoms with Gasteiger partial charge in [-0.15, -0.1) is 0 Å². The third kappa shape index (κ3) is 3.72. The summed E-state index contributed by atoms with van der Waals surface area (Å²) in [5, 5.41) is 11.8. The Morgan fingerprint density at radius 1 is 1.39 bits per heavy atom. The molecule has 1 fully saturated rings. The number of carbonyl (C=O) groups excluding carboxylic acids is 1. The minimum atomic E-state index is -0.833. The lowest BCUT2D eigenvalue weighted by atomic mass is 9.68. The number of nitrogens with one attached hydrogen (secondary N) is 1. The first-order valence-electron chi connectivity index (χ1n) is 6.89. The zero-order valence-corrected chi connectivity index (χ0v) is 11.7. The highest BCUT2D eigenvalue weighted by Gasteiger charge is 2.37. The van der Waals surface area contributed by atoms with Crippen molar-refractivity contribution >= 4 is 11.9 Å². The van der Waals surface area contributed by atoms with Gasteiger partial charge in [-0.25, -0.2) is 0 Å². The molecule has 0 saturated heterocycles. The van der Waals surface area contributed by atoms with E-state index in [1.807, 2.05) is 6.92 Å². The molecule has 4 heteroatoms. The molecular formula is C14H25NO3. The Balaban J connectivity index is 2.52. The Hall–Kier alpha value is -1.06. The first-order valence-corrected chi connectivity index (χ1v) is 6.89. The van der Waals surface area contributed by atoms with Crippen molar-refractivity contribution in [2.24, 2.45) is 17.3 Å². The Morgan fingerprint density at radius 3 is 2.56 bits per heavy atom. The van der Waals surface area contributed by atoms with Crippen molar-refractivity contribution in [3.8, 4) is 0 Å². The molecule has 18 heavy (non-hydrogen) atoms. The van der Waals surface area contributed by atoms with Crippen molar-refractivity contribution in [1.82, 2.24) is 5.32 Å². The van der Waals surface area contributed by atoms with E-state index in [9.17, 15) is 9.59 Å². The smallest absolute Gasteiger partial charge is 0.308 e. The highest BCUT2D eigenvalue weighted by Crippen LogP contribution is 2.40. The molecule has 0 spiro atoms. The van der Waals surface area contributed by atoms with E-state index < -0.39 is 11.9 Å². The summed E-state index contributed by atoms with van der Waals surface area (Å²) >= 11 is 0. The molecule has 1 saturated carbocycles. The topological polar surface area (TPSA) is 66.4 Å². The molecule has 1 aliphatic rings. The number of carbonyl (C=O) groups is 2. The van der Waals surface area contributed by atoms with Crippen molar-refractivity contribution in [2.75, 3.05) is 6.54 Å². The SMILES string of the molecule is CCC(CNC(=O)C1CCCCC1(C)C)C(=O)O. The van der Waals surface area contributed by atoms with E-state index in [0.717, 1.165) is 19.3 Å². The van der Waals surface area contributed by atoms with Crippen LogP contribution >= 0.6 is 0 Å². The van der Waals surface area contributed by atoms with Gasteiger partial charge in [0.2, 0.25) is 5.91 Å². The minimum absolute atomic E-state index is 0.0255. The molecule has 2 unspecified atom stereocenters. The molecule has 0 aromatic rings. The lowest BCUT2D eigenvalue weighted by Crippen LogP contribution is -2.43. The van der Waals surface area contributed by atoms with Crippen molar-refractivity contribution in [3.63, 3.8) is 0 Å². The van der Waals surface area contributed by atoms with E-state index in [4.69, 9.17) is 5.11 Å². The van der Waals surface area contributed by atoms with E-state index in [2.05, 4.69) is 19.2 Å². The van der Waals surface area contributed by atoms with E-state index in [0.29, 0.717) is 6.42 Å². The van der Waals surface area contributed by atoms with Crippen LogP contribution in [0.4, 0.5) is 0 Å².